The Labute approximate surface area is 95.8 Å². The molecule has 0 aliphatic heterocycles. The first-order valence-electron chi connectivity index (χ1n) is 6.02. The summed E-state index contributed by atoms with van der Waals surface area (Å²) in [5.74, 6) is 1.50. The van der Waals surface area contributed by atoms with Gasteiger partial charge in [-0.05, 0) is 24.7 Å². The summed E-state index contributed by atoms with van der Waals surface area (Å²) in [5.41, 5.74) is 0.615. The average molecular weight is 221 g/mol. The first-order valence-corrected chi connectivity index (χ1v) is 6.02. The summed E-state index contributed by atoms with van der Waals surface area (Å²) in [4.78, 5) is 11.6. The number of carbonyl (C=O) groups is 1. The molecule has 16 heavy (non-hydrogen) atoms. The number of aromatic amines is 1. The molecule has 2 N–H and O–H groups in total. The summed E-state index contributed by atoms with van der Waals surface area (Å²) >= 11 is 0. The van der Waals surface area contributed by atoms with Gasteiger partial charge in [-0.3, -0.25) is 9.89 Å². The molecule has 1 amide bonds. The van der Waals surface area contributed by atoms with Crippen LogP contribution in [0.15, 0.2) is 12.4 Å². The van der Waals surface area contributed by atoms with Gasteiger partial charge in [0.2, 0.25) is 0 Å². The van der Waals surface area contributed by atoms with Gasteiger partial charge in [0.15, 0.2) is 0 Å². The Morgan fingerprint density at radius 2 is 2.25 bits per heavy atom. The molecule has 88 valence electrons. The number of nitrogens with zero attached hydrogens (tertiary/aromatic N) is 1. The van der Waals surface area contributed by atoms with E-state index in [2.05, 4.69) is 22.4 Å². The number of hydrogen-bond donors (Lipinski definition) is 2. The summed E-state index contributed by atoms with van der Waals surface area (Å²) in [7, 11) is 0. The topological polar surface area (TPSA) is 57.8 Å². The lowest BCUT2D eigenvalue weighted by molar-refractivity contribution is 0.0942. The molecule has 4 nitrogen and oxygen atoms in total. The lowest BCUT2D eigenvalue weighted by atomic mass is 9.83. The van der Waals surface area contributed by atoms with Crippen LogP contribution in [-0.4, -0.2) is 22.6 Å². The minimum atomic E-state index is -0.0210. The zero-order chi connectivity index (χ0) is 11.4. The number of aromatic nitrogens is 2. The first kappa shape index (κ1) is 11.2. The molecule has 0 bridgehead atoms. The van der Waals surface area contributed by atoms with Gasteiger partial charge in [-0.15, -0.1) is 0 Å². The zero-order valence-corrected chi connectivity index (χ0v) is 9.70. The van der Waals surface area contributed by atoms with E-state index in [4.69, 9.17) is 0 Å². The number of amides is 1. The molecule has 0 unspecified atom stereocenters. The Morgan fingerprint density at radius 3 is 2.88 bits per heavy atom. The first-order chi connectivity index (χ1) is 7.75. The van der Waals surface area contributed by atoms with E-state index in [9.17, 15) is 4.79 Å². The van der Waals surface area contributed by atoms with E-state index < -0.39 is 0 Å². The highest BCUT2D eigenvalue weighted by Crippen LogP contribution is 2.27. The van der Waals surface area contributed by atoms with Crippen molar-refractivity contribution in [1.29, 1.82) is 0 Å². The van der Waals surface area contributed by atoms with Crippen LogP contribution in [0.2, 0.25) is 0 Å². The summed E-state index contributed by atoms with van der Waals surface area (Å²) in [6.45, 7) is 3.11. The van der Waals surface area contributed by atoms with E-state index in [1.54, 1.807) is 12.4 Å². The van der Waals surface area contributed by atoms with Crippen LogP contribution < -0.4 is 5.32 Å². The van der Waals surface area contributed by atoms with Crippen LogP contribution >= 0.6 is 0 Å². The number of rotatable bonds is 3. The highest BCUT2D eigenvalue weighted by molar-refractivity contribution is 5.93. The van der Waals surface area contributed by atoms with Crippen LogP contribution in [0, 0.1) is 11.8 Å². The van der Waals surface area contributed by atoms with Crippen LogP contribution in [0.5, 0.6) is 0 Å². The maximum absolute atomic E-state index is 11.6. The highest BCUT2D eigenvalue weighted by atomic mass is 16.1. The van der Waals surface area contributed by atoms with Gasteiger partial charge in [-0.2, -0.15) is 5.10 Å². The molecule has 0 saturated heterocycles. The largest absolute Gasteiger partial charge is 0.352 e. The van der Waals surface area contributed by atoms with Crippen LogP contribution in [0.3, 0.4) is 0 Å². The molecule has 1 aromatic rings. The molecule has 1 heterocycles. The molecule has 1 saturated carbocycles. The van der Waals surface area contributed by atoms with Gasteiger partial charge < -0.3 is 5.32 Å². The average Bonchev–Trinajstić information content (AvgIpc) is 2.81. The number of H-pyrrole nitrogens is 1. The second-order valence-electron chi connectivity index (χ2n) is 4.82. The van der Waals surface area contributed by atoms with E-state index in [0.29, 0.717) is 11.5 Å². The van der Waals surface area contributed by atoms with Crippen LogP contribution in [0.25, 0.3) is 0 Å². The van der Waals surface area contributed by atoms with E-state index >= 15 is 0 Å². The van der Waals surface area contributed by atoms with Gasteiger partial charge in [0.05, 0.1) is 11.8 Å². The van der Waals surface area contributed by atoms with Crippen molar-refractivity contribution in [2.45, 2.75) is 32.6 Å². The summed E-state index contributed by atoms with van der Waals surface area (Å²) in [6, 6.07) is 0. The normalized spacial score (nSPS) is 25.3. The monoisotopic (exact) mass is 221 g/mol. The Balaban J connectivity index is 1.73. The second-order valence-corrected chi connectivity index (χ2v) is 4.82. The molecule has 1 fully saturated rings. The minimum Gasteiger partial charge on any atom is -0.352 e. The van der Waals surface area contributed by atoms with E-state index in [0.717, 1.165) is 12.5 Å². The molecule has 0 spiro atoms. The van der Waals surface area contributed by atoms with Crippen molar-refractivity contribution in [2.75, 3.05) is 6.54 Å². The number of carbonyl (C=O) groups excluding carboxylic acids is 1. The van der Waals surface area contributed by atoms with Gasteiger partial charge in [0.25, 0.3) is 5.91 Å². The molecule has 1 aliphatic carbocycles. The van der Waals surface area contributed by atoms with E-state index in [1.165, 1.54) is 25.7 Å². The summed E-state index contributed by atoms with van der Waals surface area (Å²) < 4.78 is 0. The molecule has 0 radical (unpaired) electrons. The lowest BCUT2D eigenvalue weighted by Crippen LogP contribution is -2.30. The second kappa shape index (κ2) is 5.14. The molecule has 0 atom stereocenters. The van der Waals surface area contributed by atoms with Gasteiger partial charge >= 0.3 is 0 Å². The third kappa shape index (κ3) is 2.84. The van der Waals surface area contributed by atoms with Crippen molar-refractivity contribution in [3.8, 4) is 0 Å². The minimum absolute atomic E-state index is 0.0210. The third-order valence-electron chi connectivity index (χ3n) is 3.45. The van der Waals surface area contributed by atoms with Crippen molar-refractivity contribution >= 4 is 5.91 Å². The molecule has 1 aromatic heterocycles. The maximum Gasteiger partial charge on any atom is 0.254 e. The molecule has 2 rings (SSSR count). The van der Waals surface area contributed by atoms with Gasteiger partial charge in [-0.25, -0.2) is 0 Å². The van der Waals surface area contributed by atoms with Crippen LogP contribution in [0.1, 0.15) is 43.0 Å². The fraction of sp³-hybridized carbons (Fsp3) is 0.667. The van der Waals surface area contributed by atoms with Crippen LogP contribution in [0.4, 0.5) is 0 Å². The Morgan fingerprint density at radius 1 is 1.50 bits per heavy atom. The van der Waals surface area contributed by atoms with Crippen molar-refractivity contribution < 1.29 is 4.79 Å². The van der Waals surface area contributed by atoms with Crippen molar-refractivity contribution in [2.24, 2.45) is 11.8 Å². The van der Waals surface area contributed by atoms with Crippen molar-refractivity contribution in [3.63, 3.8) is 0 Å². The standard InChI is InChI=1S/C12H19N3O/c1-9-2-4-10(5-3-9)6-13-12(16)11-7-14-15-8-11/h7-10H,2-6H2,1H3,(H,13,16)(H,14,15). The predicted octanol–water partition coefficient (Wildman–Crippen LogP) is 1.97. The lowest BCUT2D eigenvalue weighted by Gasteiger charge is -2.26. The Hall–Kier alpha value is -1.32. The molecule has 1 aliphatic rings. The predicted molar refractivity (Wildman–Crippen MR) is 62.0 cm³/mol. The fourth-order valence-corrected chi connectivity index (χ4v) is 2.25. The zero-order valence-electron chi connectivity index (χ0n) is 9.70. The Kier molecular flexibility index (Phi) is 3.59. The molecule has 4 heteroatoms. The summed E-state index contributed by atoms with van der Waals surface area (Å²) in [5, 5.41) is 9.38. The molecular formula is C12H19N3O. The summed E-state index contributed by atoms with van der Waals surface area (Å²) in [6.07, 6.45) is 8.26. The van der Waals surface area contributed by atoms with E-state index in [-0.39, 0.29) is 5.91 Å². The number of nitrogens with one attached hydrogen (secondary N) is 2. The van der Waals surface area contributed by atoms with Gasteiger partial charge in [0, 0.05) is 12.7 Å². The van der Waals surface area contributed by atoms with Crippen molar-refractivity contribution in [1.82, 2.24) is 15.5 Å². The SMILES string of the molecule is CC1CCC(CNC(=O)c2cn[nH]c2)CC1. The van der Waals surface area contributed by atoms with Crippen LogP contribution in [-0.2, 0) is 0 Å². The van der Waals surface area contributed by atoms with Gasteiger partial charge in [-0.1, -0.05) is 19.8 Å². The van der Waals surface area contributed by atoms with Crippen molar-refractivity contribution in [3.05, 3.63) is 18.0 Å². The van der Waals surface area contributed by atoms with E-state index in [1.807, 2.05) is 0 Å². The molecular weight excluding hydrogens is 202 g/mol. The maximum atomic E-state index is 11.6. The number of hydrogen-bond acceptors (Lipinski definition) is 2. The third-order valence-corrected chi connectivity index (χ3v) is 3.45. The van der Waals surface area contributed by atoms with Gasteiger partial charge in [0.1, 0.15) is 0 Å². The smallest absolute Gasteiger partial charge is 0.254 e. The Bertz CT molecular complexity index is 326. The quantitative estimate of drug-likeness (QED) is 0.819. The highest BCUT2D eigenvalue weighted by Gasteiger charge is 2.18. The molecule has 0 aromatic carbocycles. The fourth-order valence-electron chi connectivity index (χ4n) is 2.25.